The molecule has 2 saturated heterocycles. The van der Waals surface area contributed by atoms with E-state index in [0.717, 1.165) is 4.90 Å². The Balaban J connectivity index is 1.01. The van der Waals surface area contributed by atoms with Gasteiger partial charge in [0, 0.05) is 32.6 Å². The molecule has 12 heteroatoms. The number of nitrogens with one attached hydrogen (secondary N) is 2. The van der Waals surface area contributed by atoms with Crippen LogP contribution in [0.2, 0.25) is 0 Å². The summed E-state index contributed by atoms with van der Waals surface area (Å²) in [4.78, 5) is 80.6. The van der Waals surface area contributed by atoms with Crippen LogP contribution >= 0.6 is 0 Å². The van der Waals surface area contributed by atoms with E-state index in [0.29, 0.717) is 26.2 Å². The third-order valence-corrected chi connectivity index (χ3v) is 8.49. The van der Waals surface area contributed by atoms with Gasteiger partial charge in [0.25, 0.3) is 17.7 Å². The largest absolute Gasteiger partial charge is 0.483 e. The Bertz CT molecular complexity index is 1630. The molecule has 6 amide bonds. The van der Waals surface area contributed by atoms with Crippen LogP contribution in [0, 0.1) is 0 Å². The minimum Gasteiger partial charge on any atom is -0.483 e. The summed E-state index contributed by atoms with van der Waals surface area (Å²) in [5, 5.41) is 4.73. The Labute approximate surface area is 265 Å². The van der Waals surface area contributed by atoms with Crippen LogP contribution < -0.4 is 15.4 Å². The first-order valence-corrected chi connectivity index (χ1v) is 15.2. The first kappa shape index (κ1) is 30.7. The van der Waals surface area contributed by atoms with Crippen LogP contribution in [0.1, 0.15) is 50.7 Å². The topological polar surface area (TPSA) is 145 Å². The first-order chi connectivity index (χ1) is 22.3. The normalized spacial score (nSPS) is 18.4. The Morgan fingerprint density at radius 2 is 1.48 bits per heavy atom. The predicted octanol–water partition coefficient (Wildman–Crippen LogP) is 1.52. The minimum atomic E-state index is -1.11. The van der Waals surface area contributed by atoms with Gasteiger partial charge >= 0.3 is 0 Å². The van der Waals surface area contributed by atoms with Gasteiger partial charge in [0.05, 0.1) is 23.7 Å². The number of fused-ring (bicyclic) bond motifs is 1. The summed E-state index contributed by atoms with van der Waals surface area (Å²) in [7, 11) is 0. The van der Waals surface area contributed by atoms with Crippen molar-refractivity contribution in [1.82, 2.24) is 25.3 Å². The van der Waals surface area contributed by atoms with E-state index in [1.807, 2.05) is 36.4 Å². The lowest BCUT2D eigenvalue weighted by atomic mass is 9.96. The zero-order valence-electron chi connectivity index (χ0n) is 25.0. The van der Waals surface area contributed by atoms with E-state index >= 15 is 0 Å². The van der Waals surface area contributed by atoms with Gasteiger partial charge in [-0.3, -0.25) is 43.9 Å². The highest BCUT2D eigenvalue weighted by Gasteiger charge is 2.46. The fraction of sp³-hybridized carbons (Fsp3) is 0.294. The van der Waals surface area contributed by atoms with Gasteiger partial charge in [-0.1, -0.05) is 66.7 Å². The number of benzene rings is 3. The standard InChI is InChI=1S/C34H33N5O7/c40-27-15-14-25(32(43)36-27)39-33(44)24-12-7-13-26(30(24)34(39)45)46-21-28(41)35-20-29(42)37-16-18-38(19-17-37)31(22-8-3-1-4-9-22)23-10-5-2-6-11-23/h1-13,25,31H,14-21H2,(H,35,41)(H,36,40,43). The molecule has 6 rings (SSSR count). The van der Waals surface area contributed by atoms with Crippen LogP contribution in [0.15, 0.2) is 78.9 Å². The van der Waals surface area contributed by atoms with Crippen LogP contribution in [0.3, 0.4) is 0 Å². The number of carbonyl (C=O) groups is 6. The molecule has 1 atom stereocenters. The van der Waals surface area contributed by atoms with Crippen molar-refractivity contribution in [3.63, 3.8) is 0 Å². The molecule has 46 heavy (non-hydrogen) atoms. The number of piperidine rings is 1. The van der Waals surface area contributed by atoms with E-state index in [1.54, 1.807) is 4.90 Å². The molecule has 3 aromatic carbocycles. The monoisotopic (exact) mass is 623 g/mol. The van der Waals surface area contributed by atoms with Crippen molar-refractivity contribution in [3.05, 3.63) is 101 Å². The molecule has 2 fully saturated rings. The summed E-state index contributed by atoms with van der Waals surface area (Å²) in [6.07, 6.45) is 0.0298. The highest BCUT2D eigenvalue weighted by atomic mass is 16.5. The number of hydrogen-bond acceptors (Lipinski definition) is 8. The van der Waals surface area contributed by atoms with Gasteiger partial charge in [0.1, 0.15) is 11.8 Å². The maximum absolute atomic E-state index is 13.2. The Morgan fingerprint density at radius 1 is 0.826 bits per heavy atom. The van der Waals surface area contributed by atoms with Crippen LogP contribution in [0.4, 0.5) is 0 Å². The van der Waals surface area contributed by atoms with E-state index in [1.165, 1.54) is 29.3 Å². The summed E-state index contributed by atoms with van der Waals surface area (Å²) in [5.74, 6) is -3.37. The second-order valence-electron chi connectivity index (χ2n) is 11.3. The molecule has 236 valence electrons. The minimum absolute atomic E-state index is 0.00361. The van der Waals surface area contributed by atoms with Crippen LogP contribution in [-0.4, -0.2) is 95.5 Å². The van der Waals surface area contributed by atoms with Crippen molar-refractivity contribution in [2.24, 2.45) is 0 Å². The average molecular weight is 624 g/mol. The van der Waals surface area contributed by atoms with E-state index in [-0.39, 0.29) is 48.2 Å². The summed E-state index contributed by atoms with van der Waals surface area (Å²) in [6.45, 7) is 1.65. The van der Waals surface area contributed by atoms with E-state index in [4.69, 9.17) is 4.74 Å². The first-order valence-electron chi connectivity index (χ1n) is 15.2. The molecule has 0 bridgehead atoms. The lowest BCUT2D eigenvalue weighted by Crippen LogP contribution is -2.54. The summed E-state index contributed by atoms with van der Waals surface area (Å²) in [5.41, 5.74) is 2.35. The van der Waals surface area contributed by atoms with Crippen molar-refractivity contribution < 1.29 is 33.5 Å². The molecule has 0 radical (unpaired) electrons. The lowest BCUT2D eigenvalue weighted by molar-refractivity contribution is -0.136. The van der Waals surface area contributed by atoms with Crippen LogP contribution in [-0.2, 0) is 19.2 Å². The predicted molar refractivity (Wildman–Crippen MR) is 164 cm³/mol. The highest BCUT2D eigenvalue weighted by Crippen LogP contribution is 2.34. The smallest absolute Gasteiger partial charge is 0.266 e. The number of imide groups is 2. The molecule has 3 aliphatic rings. The maximum Gasteiger partial charge on any atom is 0.266 e. The second kappa shape index (κ2) is 13.3. The number of nitrogens with zero attached hydrogens (tertiary/aromatic N) is 3. The molecule has 12 nitrogen and oxygen atoms in total. The van der Waals surface area contributed by atoms with Crippen LogP contribution in [0.25, 0.3) is 0 Å². The van der Waals surface area contributed by atoms with Crippen molar-refractivity contribution in [1.29, 1.82) is 0 Å². The van der Waals surface area contributed by atoms with E-state index in [9.17, 15) is 28.8 Å². The molecule has 0 saturated carbocycles. The summed E-state index contributed by atoms with van der Waals surface area (Å²) >= 11 is 0. The zero-order valence-corrected chi connectivity index (χ0v) is 25.0. The fourth-order valence-corrected chi connectivity index (χ4v) is 6.20. The van der Waals surface area contributed by atoms with Crippen molar-refractivity contribution in [2.75, 3.05) is 39.3 Å². The van der Waals surface area contributed by atoms with Crippen LogP contribution in [0.5, 0.6) is 5.75 Å². The highest BCUT2D eigenvalue weighted by molar-refractivity contribution is 6.24. The third kappa shape index (κ3) is 6.24. The molecule has 0 aromatic heterocycles. The molecule has 0 spiro atoms. The summed E-state index contributed by atoms with van der Waals surface area (Å²) < 4.78 is 5.61. The molecule has 3 aromatic rings. The second-order valence-corrected chi connectivity index (χ2v) is 11.3. The summed E-state index contributed by atoms with van der Waals surface area (Å²) in [6, 6.07) is 23.9. The number of piperazine rings is 1. The lowest BCUT2D eigenvalue weighted by Gasteiger charge is -2.39. The molecular weight excluding hydrogens is 590 g/mol. The number of hydrogen-bond donors (Lipinski definition) is 2. The van der Waals surface area contributed by atoms with Crippen molar-refractivity contribution >= 4 is 35.4 Å². The van der Waals surface area contributed by atoms with E-state index in [2.05, 4.69) is 39.8 Å². The van der Waals surface area contributed by atoms with Gasteiger partial charge in [-0.25, -0.2) is 0 Å². The molecule has 3 heterocycles. The van der Waals surface area contributed by atoms with Gasteiger partial charge < -0.3 is 15.0 Å². The number of rotatable bonds is 9. The van der Waals surface area contributed by atoms with Gasteiger partial charge in [-0.2, -0.15) is 0 Å². The zero-order chi connectivity index (χ0) is 32.2. The number of amides is 6. The SMILES string of the molecule is O=C(COc1cccc2c1C(=O)N(C1CCC(=O)NC1=O)C2=O)NCC(=O)N1CCN(C(c2ccccc2)c2ccccc2)CC1. The number of carbonyl (C=O) groups excluding carboxylic acids is 6. The van der Waals surface area contributed by atoms with Crippen molar-refractivity contribution in [2.45, 2.75) is 24.9 Å². The Morgan fingerprint density at radius 3 is 2.11 bits per heavy atom. The van der Waals surface area contributed by atoms with E-state index < -0.39 is 42.2 Å². The van der Waals surface area contributed by atoms with Gasteiger partial charge in [0.15, 0.2) is 6.61 Å². The maximum atomic E-state index is 13.2. The van der Waals surface area contributed by atoms with Gasteiger partial charge in [-0.15, -0.1) is 0 Å². The van der Waals surface area contributed by atoms with Crippen molar-refractivity contribution in [3.8, 4) is 5.75 Å². The fourth-order valence-electron chi connectivity index (χ4n) is 6.20. The van der Waals surface area contributed by atoms with Gasteiger partial charge in [0.2, 0.25) is 17.7 Å². The molecule has 0 aliphatic carbocycles. The molecular formula is C34H33N5O7. The third-order valence-electron chi connectivity index (χ3n) is 8.49. The Hall–Kier alpha value is -5.36. The molecule has 3 aliphatic heterocycles. The van der Waals surface area contributed by atoms with Gasteiger partial charge in [-0.05, 0) is 29.7 Å². The average Bonchev–Trinajstić information content (AvgIpc) is 3.33. The molecule has 1 unspecified atom stereocenters. The number of ether oxygens (including phenoxy) is 1. The quantitative estimate of drug-likeness (QED) is 0.342. The molecule has 2 N–H and O–H groups in total. The Kier molecular flexibility index (Phi) is 8.88.